The molecule has 0 aliphatic carbocycles. The number of halogens is 1. The summed E-state index contributed by atoms with van der Waals surface area (Å²) in [5.74, 6) is 0.497. The van der Waals surface area contributed by atoms with Crippen molar-refractivity contribution in [2.24, 2.45) is 16.1 Å². The number of nitrogens with one attached hydrogen (secondary N) is 1. The second kappa shape index (κ2) is 8.15. The maximum Gasteiger partial charge on any atom is 0.248 e. The Morgan fingerprint density at radius 2 is 2.29 bits per heavy atom. The van der Waals surface area contributed by atoms with Crippen molar-refractivity contribution in [3.05, 3.63) is 35.4 Å². The van der Waals surface area contributed by atoms with Crippen LogP contribution in [0.3, 0.4) is 0 Å². The van der Waals surface area contributed by atoms with Gasteiger partial charge in [-0.15, -0.1) is 24.0 Å². The van der Waals surface area contributed by atoms with E-state index in [4.69, 9.17) is 10.5 Å². The lowest BCUT2D eigenvalue weighted by Crippen LogP contribution is -2.41. The molecule has 24 heavy (non-hydrogen) atoms. The molecule has 2 fully saturated rings. The van der Waals surface area contributed by atoms with E-state index in [1.54, 1.807) is 13.1 Å². The van der Waals surface area contributed by atoms with E-state index in [9.17, 15) is 4.79 Å². The van der Waals surface area contributed by atoms with Crippen LogP contribution in [0.15, 0.2) is 29.3 Å². The Morgan fingerprint density at radius 3 is 2.96 bits per heavy atom. The first-order chi connectivity index (χ1) is 11.1. The third-order valence-electron chi connectivity index (χ3n) is 4.80. The van der Waals surface area contributed by atoms with Gasteiger partial charge in [0.15, 0.2) is 5.96 Å². The zero-order chi connectivity index (χ0) is 16.3. The number of amides is 1. The molecule has 2 aliphatic heterocycles. The Bertz CT molecular complexity index is 614. The third kappa shape index (κ3) is 4.18. The topological polar surface area (TPSA) is 79.9 Å². The number of likely N-dealkylation sites (tertiary alicyclic amines) is 1. The number of rotatable bonds is 3. The largest absolute Gasteiger partial charge is 0.381 e. The van der Waals surface area contributed by atoms with Gasteiger partial charge in [-0.25, -0.2) is 0 Å². The van der Waals surface area contributed by atoms with Crippen LogP contribution >= 0.6 is 24.0 Å². The van der Waals surface area contributed by atoms with Gasteiger partial charge in [-0.1, -0.05) is 12.1 Å². The molecule has 0 bridgehead atoms. The average Bonchev–Trinajstić information content (AvgIpc) is 3.19. The average molecular weight is 444 g/mol. The summed E-state index contributed by atoms with van der Waals surface area (Å²) in [6, 6.07) is 7.37. The maximum atomic E-state index is 11.3. The van der Waals surface area contributed by atoms with E-state index >= 15 is 0 Å². The second-order valence-corrected chi connectivity index (χ2v) is 6.44. The Balaban J connectivity index is 0.00000208. The van der Waals surface area contributed by atoms with E-state index in [0.29, 0.717) is 17.5 Å². The van der Waals surface area contributed by atoms with Gasteiger partial charge in [0.2, 0.25) is 5.91 Å². The van der Waals surface area contributed by atoms with Gasteiger partial charge >= 0.3 is 0 Å². The molecule has 6 nitrogen and oxygen atoms in total. The molecular formula is C17H25IN4O2. The number of hydrogen-bond acceptors (Lipinski definition) is 3. The van der Waals surface area contributed by atoms with Crippen molar-refractivity contribution in [1.82, 2.24) is 10.2 Å². The highest BCUT2D eigenvalue weighted by Gasteiger charge is 2.42. The molecule has 7 heteroatoms. The van der Waals surface area contributed by atoms with Crippen molar-refractivity contribution in [3.8, 4) is 0 Å². The lowest BCUT2D eigenvalue weighted by molar-refractivity contribution is 0.1000. The minimum Gasteiger partial charge on any atom is -0.381 e. The van der Waals surface area contributed by atoms with Crippen molar-refractivity contribution >= 4 is 35.8 Å². The van der Waals surface area contributed by atoms with Crippen LogP contribution in [0.2, 0.25) is 0 Å². The lowest BCUT2D eigenvalue weighted by atomic mass is 9.87. The first-order valence-corrected chi connectivity index (χ1v) is 8.04. The Labute approximate surface area is 159 Å². The number of nitrogens with zero attached hydrogens (tertiary/aromatic N) is 2. The lowest BCUT2D eigenvalue weighted by Gasteiger charge is -2.25. The van der Waals surface area contributed by atoms with Crippen LogP contribution in [0.5, 0.6) is 0 Å². The van der Waals surface area contributed by atoms with E-state index in [-0.39, 0.29) is 24.0 Å². The highest BCUT2D eigenvalue weighted by molar-refractivity contribution is 14.0. The minimum atomic E-state index is -0.404. The molecular weight excluding hydrogens is 419 g/mol. The summed E-state index contributed by atoms with van der Waals surface area (Å²) in [7, 11) is 1.80. The van der Waals surface area contributed by atoms with Crippen LogP contribution in [0.1, 0.15) is 28.8 Å². The molecule has 1 aromatic carbocycles. The number of primary amides is 1. The molecule has 1 unspecified atom stereocenters. The molecule has 132 valence electrons. The molecule has 0 saturated carbocycles. The zero-order valence-corrected chi connectivity index (χ0v) is 16.3. The van der Waals surface area contributed by atoms with Crippen LogP contribution < -0.4 is 11.1 Å². The Kier molecular flexibility index (Phi) is 6.45. The number of carbonyl (C=O) groups is 1. The first kappa shape index (κ1) is 19.0. The van der Waals surface area contributed by atoms with Crippen LogP contribution in [0.25, 0.3) is 0 Å². The number of carbonyl (C=O) groups excluding carboxylic acids is 1. The van der Waals surface area contributed by atoms with Gasteiger partial charge in [-0.2, -0.15) is 0 Å². The number of ether oxygens (including phenoxy) is 1. The summed E-state index contributed by atoms with van der Waals surface area (Å²) in [4.78, 5) is 18.0. The van der Waals surface area contributed by atoms with Gasteiger partial charge in [-0.05, 0) is 30.5 Å². The molecule has 2 heterocycles. The second-order valence-electron chi connectivity index (χ2n) is 6.44. The number of hydrogen-bond donors (Lipinski definition) is 2. The minimum absolute atomic E-state index is 0. The number of benzene rings is 1. The molecule has 1 aromatic rings. The fourth-order valence-corrected chi connectivity index (χ4v) is 3.44. The van der Waals surface area contributed by atoms with E-state index in [1.165, 1.54) is 0 Å². The first-order valence-electron chi connectivity index (χ1n) is 8.04. The van der Waals surface area contributed by atoms with E-state index < -0.39 is 5.91 Å². The summed E-state index contributed by atoms with van der Waals surface area (Å²) in [5, 5.41) is 3.38. The summed E-state index contributed by atoms with van der Waals surface area (Å²) in [6.07, 6.45) is 2.30. The van der Waals surface area contributed by atoms with Crippen molar-refractivity contribution in [3.63, 3.8) is 0 Å². The SMILES string of the molecule is CN=C(NCc1cccc(C(N)=O)c1)N1CCC2(CCOC2)C1.I. The van der Waals surface area contributed by atoms with Crippen molar-refractivity contribution in [2.75, 3.05) is 33.4 Å². The van der Waals surface area contributed by atoms with Gasteiger partial charge < -0.3 is 20.7 Å². The maximum absolute atomic E-state index is 11.3. The van der Waals surface area contributed by atoms with Crippen LogP contribution in [0, 0.1) is 5.41 Å². The third-order valence-corrected chi connectivity index (χ3v) is 4.80. The van der Waals surface area contributed by atoms with Crippen LogP contribution in [0.4, 0.5) is 0 Å². The molecule has 1 atom stereocenters. The standard InChI is InChI=1S/C17H24N4O2.HI/c1-19-16(21-7-5-17(11-21)6-8-23-12-17)20-10-13-3-2-4-14(9-13)15(18)22;/h2-4,9H,5-8,10-12H2,1H3,(H2,18,22)(H,19,20);1H. The summed E-state index contributed by atoms with van der Waals surface area (Å²) in [6.45, 7) is 4.35. The number of aliphatic imine (C=N–C) groups is 1. The molecule has 2 saturated heterocycles. The molecule has 0 aromatic heterocycles. The molecule has 1 spiro atoms. The van der Waals surface area contributed by atoms with Crippen molar-refractivity contribution in [2.45, 2.75) is 19.4 Å². The summed E-state index contributed by atoms with van der Waals surface area (Å²) < 4.78 is 5.58. The molecule has 1 amide bonds. The highest BCUT2D eigenvalue weighted by Crippen LogP contribution is 2.38. The summed E-state index contributed by atoms with van der Waals surface area (Å²) in [5.41, 5.74) is 7.18. The smallest absolute Gasteiger partial charge is 0.248 e. The van der Waals surface area contributed by atoms with Gasteiger partial charge in [-0.3, -0.25) is 9.79 Å². The van der Waals surface area contributed by atoms with E-state index in [2.05, 4.69) is 15.2 Å². The van der Waals surface area contributed by atoms with Crippen molar-refractivity contribution in [1.29, 1.82) is 0 Å². The fraction of sp³-hybridized carbons (Fsp3) is 0.529. The van der Waals surface area contributed by atoms with Crippen molar-refractivity contribution < 1.29 is 9.53 Å². The van der Waals surface area contributed by atoms with Gasteiger partial charge in [0, 0.05) is 44.3 Å². The molecule has 3 N–H and O–H groups in total. The Hall–Kier alpha value is -1.35. The number of guanidine groups is 1. The number of nitrogens with two attached hydrogens (primary N) is 1. The molecule has 3 rings (SSSR count). The van der Waals surface area contributed by atoms with Gasteiger partial charge in [0.25, 0.3) is 0 Å². The highest BCUT2D eigenvalue weighted by atomic mass is 127. The fourth-order valence-electron chi connectivity index (χ4n) is 3.44. The zero-order valence-electron chi connectivity index (χ0n) is 14.0. The van der Waals surface area contributed by atoms with E-state index in [0.717, 1.165) is 50.7 Å². The molecule has 0 radical (unpaired) electrons. The van der Waals surface area contributed by atoms with E-state index in [1.807, 2.05) is 18.2 Å². The van der Waals surface area contributed by atoms with Crippen LogP contribution in [-0.2, 0) is 11.3 Å². The summed E-state index contributed by atoms with van der Waals surface area (Å²) >= 11 is 0. The molecule has 2 aliphatic rings. The predicted molar refractivity (Wildman–Crippen MR) is 105 cm³/mol. The monoisotopic (exact) mass is 444 g/mol. The van der Waals surface area contributed by atoms with Crippen LogP contribution in [-0.4, -0.2) is 50.1 Å². The Morgan fingerprint density at radius 1 is 1.46 bits per heavy atom. The predicted octanol–water partition coefficient (Wildman–Crippen LogP) is 1.59. The van der Waals surface area contributed by atoms with Gasteiger partial charge in [0.05, 0.1) is 6.61 Å². The quantitative estimate of drug-likeness (QED) is 0.422. The van der Waals surface area contributed by atoms with Gasteiger partial charge in [0.1, 0.15) is 0 Å². The normalized spacial score (nSPS) is 23.4.